The number of carbonyl (C=O) groups is 4. The van der Waals surface area contributed by atoms with Crippen LogP contribution in [0.25, 0.3) is 21.8 Å². The molecule has 0 fully saturated rings. The van der Waals surface area contributed by atoms with Gasteiger partial charge in [-0.15, -0.1) is 11.5 Å². The number of carbonyl (C=O) groups excluding carboxylic acids is 4. The maximum absolute atomic E-state index is 11.7. The first-order valence-electron chi connectivity index (χ1n) is 22.0. The standard InChI is InChI=1S/2C17H14N2O.4C5H5F3O2.2Dy/c2*1-12-5-8-14(9-6-12)18-11-15-10-7-13-3-2-4-16(20)17(13)19-15;4*1-3(9)2-4(10)5(6,7)8;;/h2*2-11,20H,1H3;2*2,10H,1H3;2*2,9H,1H3;;/q;;;;;;2*+3/p-6/b;;2*4-2-;2*3-2-;;. The molecule has 82 heavy (non-hydrogen) atoms. The molecule has 0 aliphatic rings. The van der Waals surface area contributed by atoms with Crippen LogP contribution in [0.15, 0.2) is 167 Å². The van der Waals surface area contributed by atoms with Crippen LogP contribution in [0.4, 0.5) is 64.1 Å². The van der Waals surface area contributed by atoms with Gasteiger partial charge >= 0.3 is 101 Å². The summed E-state index contributed by atoms with van der Waals surface area (Å²) in [6.45, 7) is 7.59. The molecular weight excluding hydrogens is 1420 g/mol. The Morgan fingerprint density at radius 3 is 0.939 bits per heavy atom. The fourth-order valence-electron chi connectivity index (χ4n) is 5.02. The minimum absolute atomic E-state index is 0. The van der Waals surface area contributed by atoms with Gasteiger partial charge in [-0.1, -0.05) is 109 Å². The number of hydrogen-bond acceptors (Lipinski definition) is 14. The summed E-state index contributed by atoms with van der Waals surface area (Å²) in [5, 5.41) is 64.8. The van der Waals surface area contributed by atoms with Crippen LogP contribution in [0.1, 0.15) is 50.2 Å². The molecule has 0 saturated heterocycles. The van der Waals surface area contributed by atoms with Crippen LogP contribution >= 0.6 is 0 Å². The van der Waals surface area contributed by atoms with E-state index in [0.29, 0.717) is 22.4 Å². The number of para-hydroxylation sites is 2. The zero-order chi connectivity index (χ0) is 61.3. The molecule has 2 heterocycles. The van der Waals surface area contributed by atoms with Crippen molar-refractivity contribution in [1.82, 2.24) is 9.97 Å². The first-order valence-corrected chi connectivity index (χ1v) is 22.0. The molecule has 0 aliphatic carbocycles. The zero-order valence-electron chi connectivity index (χ0n) is 42.9. The molecule has 0 N–H and O–H groups in total. The van der Waals surface area contributed by atoms with Gasteiger partial charge in [0, 0.05) is 0 Å². The summed E-state index contributed by atoms with van der Waals surface area (Å²) in [7, 11) is 0. The molecule has 0 aliphatic heterocycles. The Morgan fingerprint density at radius 2 is 0.720 bits per heavy atom. The van der Waals surface area contributed by atoms with Crippen molar-refractivity contribution in [3.8, 4) is 11.5 Å². The number of alkyl halides is 12. The number of aliphatic imine (C=N–C) groups is 2. The number of pyridine rings is 2. The molecule has 14 nitrogen and oxygen atoms in total. The van der Waals surface area contributed by atoms with Gasteiger partial charge in [-0.2, -0.15) is 52.7 Å². The summed E-state index contributed by atoms with van der Waals surface area (Å²) < 4.78 is 135. The van der Waals surface area contributed by atoms with Crippen LogP contribution in [-0.4, -0.2) is 70.2 Å². The molecule has 28 heteroatoms. The number of ketones is 4. The normalized spacial score (nSPS) is 12.0. The molecule has 0 atom stereocenters. The number of nitrogens with zero attached hydrogens (tertiary/aromatic N) is 4. The summed E-state index contributed by atoms with van der Waals surface area (Å²) in [6.07, 6.45) is -16.3. The molecule has 2 aromatic heterocycles. The molecule has 4 aromatic carbocycles. The summed E-state index contributed by atoms with van der Waals surface area (Å²) >= 11 is 0. The van der Waals surface area contributed by atoms with Crippen LogP contribution in [0, 0.1) is 90.2 Å². The van der Waals surface area contributed by atoms with E-state index in [9.17, 15) is 103 Å². The average molecular weight is 1460 g/mol. The van der Waals surface area contributed by atoms with Gasteiger partial charge in [0.25, 0.3) is 11.6 Å². The molecule has 0 spiro atoms. The van der Waals surface area contributed by atoms with Gasteiger partial charge in [-0.3, -0.25) is 29.2 Å². The van der Waals surface area contributed by atoms with Crippen molar-refractivity contribution >= 4 is 68.7 Å². The summed E-state index contributed by atoms with van der Waals surface area (Å²) in [6, 6.07) is 33.6. The summed E-state index contributed by atoms with van der Waals surface area (Å²) in [5.41, 5.74) is 6.47. The Labute approximate surface area is 520 Å². The van der Waals surface area contributed by atoms with Crippen LogP contribution in [0.3, 0.4) is 0 Å². The van der Waals surface area contributed by atoms with E-state index in [4.69, 9.17) is 0 Å². The molecule has 6 rings (SSSR count). The second-order valence-electron chi connectivity index (χ2n) is 15.8. The number of hydrogen-bond donors (Lipinski definition) is 0. The van der Waals surface area contributed by atoms with Gasteiger partial charge in [0.15, 0.2) is 11.6 Å². The first kappa shape index (κ1) is 77.3. The minimum atomic E-state index is -4.92. The Balaban J connectivity index is 0. The number of aromatic nitrogens is 2. The molecule has 2 radical (unpaired) electrons. The Kier molecular flexibility index (Phi) is 33.8. The van der Waals surface area contributed by atoms with E-state index in [0.717, 1.165) is 49.8 Å². The molecule has 442 valence electrons. The molecule has 0 unspecified atom stereocenters. The van der Waals surface area contributed by atoms with E-state index in [1.165, 1.54) is 23.3 Å². The number of rotatable bonds is 8. The number of benzene rings is 4. The second-order valence-corrected chi connectivity index (χ2v) is 15.8. The topological polar surface area (TPSA) is 257 Å². The third-order valence-electron chi connectivity index (χ3n) is 8.62. The van der Waals surface area contributed by atoms with Crippen molar-refractivity contribution in [2.75, 3.05) is 0 Å². The third kappa shape index (κ3) is 32.0. The number of halogens is 12. The third-order valence-corrected chi connectivity index (χ3v) is 8.62. The van der Waals surface area contributed by atoms with Gasteiger partial charge in [0.1, 0.15) is 0 Å². The second kappa shape index (κ2) is 35.9. The maximum Gasteiger partial charge on any atom is 3.00 e. The number of aryl methyl sites for hydroxylation is 2. The van der Waals surface area contributed by atoms with Crippen LogP contribution < -0.4 is 30.6 Å². The van der Waals surface area contributed by atoms with E-state index in [1.54, 1.807) is 24.6 Å². The fraction of sp³-hybridized carbons (Fsp3) is 0.185. The van der Waals surface area contributed by atoms with Gasteiger partial charge in [0.2, 0.25) is 0 Å². The largest absolute Gasteiger partial charge is 3.00 e. The SMILES string of the molecule is C/C([O-])=C/C(=O)C(F)(F)F.C/C([O-])=C/C(=O)C(F)(F)F.CC(=O)/C=C(\[O-])C(F)(F)F.CC(=O)/C=C(\[O-])C(F)(F)F.Cc1ccc(N=Cc2ccc3cccc([O-])c3n2)cc1.Cc1ccc(N=Cc2ccc3cccc([O-])c3n2)cc1.[Dy+3].[Dy+3]. The zero-order valence-corrected chi connectivity index (χ0v) is 47.0. The summed E-state index contributed by atoms with van der Waals surface area (Å²) in [5.74, 6) is -12.2. The van der Waals surface area contributed by atoms with Crippen LogP contribution in [0.2, 0.25) is 0 Å². The van der Waals surface area contributed by atoms with E-state index in [-0.39, 0.29) is 112 Å². The quantitative estimate of drug-likeness (QED) is 0.0604. The van der Waals surface area contributed by atoms with Gasteiger partial charge in [-0.05, 0) is 111 Å². The first-order chi connectivity index (χ1) is 36.8. The van der Waals surface area contributed by atoms with Gasteiger partial charge < -0.3 is 30.6 Å². The van der Waals surface area contributed by atoms with E-state index < -0.39 is 70.9 Å². The van der Waals surface area contributed by atoms with Crippen molar-refractivity contribution < 1.29 is 179 Å². The predicted octanol–water partition coefficient (Wildman–Crippen LogP) is 8.26. The Hall–Kier alpha value is -6.81. The van der Waals surface area contributed by atoms with E-state index in [1.807, 2.05) is 98.8 Å². The van der Waals surface area contributed by atoms with Crippen molar-refractivity contribution in [1.29, 1.82) is 0 Å². The predicted molar refractivity (Wildman–Crippen MR) is 259 cm³/mol. The number of fused-ring (bicyclic) bond motifs is 2. The van der Waals surface area contributed by atoms with Crippen LogP contribution in [0.5, 0.6) is 11.5 Å². The van der Waals surface area contributed by atoms with Crippen molar-refractivity contribution in [2.45, 2.75) is 66.2 Å². The molecule has 6 aromatic rings. The Morgan fingerprint density at radius 1 is 0.427 bits per heavy atom. The molecular formula is C54H42Dy2F12N4O10. The van der Waals surface area contributed by atoms with Gasteiger partial charge in [0.05, 0.1) is 46.2 Å². The minimum Gasteiger partial charge on any atom is -0.876 e. The fourth-order valence-corrected chi connectivity index (χ4v) is 5.02. The molecule has 0 amide bonds. The number of allylic oxidation sites excluding steroid dienone is 8. The van der Waals surface area contributed by atoms with E-state index in [2.05, 4.69) is 20.0 Å². The van der Waals surface area contributed by atoms with Crippen molar-refractivity contribution in [2.24, 2.45) is 9.98 Å². The monoisotopic (exact) mass is 1460 g/mol. The maximum atomic E-state index is 11.7. The van der Waals surface area contributed by atoms with Gasteiger partial charge in [-0.25, -0.2) is 9.97 Å². The average Bonchev–Trinajstić information content (AvgIpc) is 3.33. The van der Waals surface area contributed by atoms with E-state index >= 15 is 0 Å². The van der Waals surface area contributed by atoms with Crippen molar-refractivity contribution in [3.63, 3.8) is 0 Å². The Bertz CT molecular complexity index is 3040. The van der Waals surface area contributed by atoms with Crippen molar-refractivity contribution in [3.05, 3.63) is 179 Å². The van der Waals surface area contributed by atoms with Crippen LogP contribution in [-0.2, 0) is 19.2 Å². The smallest absolute Gasteiger partial charge is 0.876 e. The summed E-state index contributed by atoms with van der Waals surface area (Å²) in [4.78, 5) is 57.0. The molecule has 0 bridgehead atoms. The molecule has 0 saturated carbocycles.